The number of hydrogen-bond donors (Lipinski definition) is 2. The fourth-order valence-electron chi connectivity index (χ4n) is 2.19. The van der Waals surface area contributed by atoms with Crippen molar-refractivity contribution < 1.29 is 4.74 Å². The molecule has 0 aliphatic heterocycles. The number of hydrogen-bond acceptors (Lipinski definition) is 4. The summed E-state index contributed by atoms with van der Waals surface area (Å²) in [5.74, 6) is 1.36. The zero-order valence-corrected chi connectivity index (χ0v) is 15.8. The van der Waals surface area contributed by atoms with Crippen molar-refractivity contribution in [2.75, 3.05) is 53.5 Å². The first-order valence-corrected chi connectivity index (χ1v) is 9.28. The summed E-state index contributed by atoms with van der Waals surface area (Å²) in [4.78, 5) is 8.40. The molecule has 0 spiro atoms. The van der Waals surface area contributed by atoms with E-state index in [1.54, 1.807) is 18.4 Å². The number of rotatable bonds is 11. The van der Waals surface area contributed by atoms with Gasteiger partial charge in [-0.1, -0.05) is 13.0 Å². The lowest BCUT2D eigenvalue weighted by Gasteiger charge is -2.18. The molecule has 1 atom stereocenters. The van der Waals surface area contributed by atoms with Crippen molar-refractivity contribution in [3.63, 3.8) is 0 Å². The summed E-state index contributed by atoms with van der Waals surface area (Å²) < 4.78 is 5.08. The Balaban J connectivity index is 2.31. The molecule has 0 aromatic carbocycles. The van der Waals surface area contributed by atoms with E-state index in [-0.39, 0.29) is 0 Å². The van der Waals surface area contributed by atoms with Crippen LogP contribution in [0.1, 0.15) is 31.1 Å². The van der Waals surface area contributed by atoms with Gasteiger partial charge in [-0.25, -0.2) is 0 Å². The lowest BCUT2D eigenvalue weighted by Crippen LogP contribution is -2.41. The molecule has 0 aliphatic carbocycles. The van der Waals surface area contributed by atoms with E-state index in [1.165, 1.54) is 4.88 Å². The summed E-state index contributed by atoms with van der Waals surface area (Å²) in [6.45, 7) is 9.76. The third kappa shape index (κ3) is 8.93. The fourth-order valence-corrected chi connectivity index (χ4v) is 2.97. The molecular formula is C17H32N4OS. The van der Waals surface area contributed by atoms with Crippen molar-refractivity contribution in [2.24, 2.45) is 4.99 Å². The topological polar surface area (TPSA) is 48.9 Å². The minimum Gasteiger partial charge on any atom is -0.385 e. The molecule has 1 unspecified atom stereocenters. The van der Waals surface area contributed by atoms with Gasteiger partial charge >= 0.3 is 0 Å². The third-order valence-electron chi connectivity index (χ3n) is 3.57. The maximum Gasteiger partial charge on any atom is 0.191 e. The quantitative estimate of drug-likeness (QED) is 0.369. The van der Waals surface area contributed by atoms with Gasteiger partial charge in [0.2, 0.25) is 0 Å². The molecule has 1 heterocycles. The van der Waals surface area contributed by atoms with E-state index in [0.29, 0.717) is 5.92 Å². The Labute approximate surface area is 145 Å². The van der Waals surface area contributed by atoms with Crippen molar-refractivity contribution in [1.82, 2.24) is 15.5 Å². The van der Waals surface area contributed by atoms with Crippen LogP contribution in [0.4, 0.5) is 0 Å². The van der Waals surface area contributed by atoms with Gasteiger partial charge in [-0.15, -0.1) is 11.3 Å². The molecule has 0 saturated heterocycles. The number of nitrogens with zero attached hydrogens (tertiary/aromatic N) is 2. The number of thiophene rings is 1. The second kappa shape index (κ2) is 12.3. The number of ether oxygens (including phenoxy) is 1. The van der Waals surface area contributed by atoms with Gasteiger partial charge in [0.15, 0.2) is 5.96 Å². The van der Waals surface area contributed by atoms with Gasteiger partial charge in [0.05, 0.1) is 6.54 Å². The van der Waals surface area contributed by atoms with Crippen molar-refractivity contribution >= 4 is 17.3 Å². The van der Waals surface area contributed by atoms with Crippen LogP contribution in [0, 0.1) is 0 Å². The lowest BCUT2D eigenvalue weighted by molar-refractivity contribution is 0.180. The van der Waals surface area contributed by atoms with Gasteiger partial charge in [0.1, 0.15) is 0 Å². The molecule has 132 valence electrons. The van der Waals surface area contributed by atoms with Crippen molar-refractivity contribution in [1.29, 1.82) is 0 Å². The van der Waals surface area contributed by atoms with E-state index in [9.17, 15) is 0 Å². The van der Waals surface area contributed by atoms with Crippen LogP contribution in [0.3, 0.4) is 0 Å². The summed E-state index contributed by atoms with van der Waals surface area (Å²) in [6.07, 6.45) is 1.07. The van der Waals surface area contributed by atoms with E-state index in [1.807, 2.05) is 0 Å². The monoisotopic (exact) mass is 340 g/mol. The normalized spacial score (nSPS) is 13.3. The number of aliphatic imine (C=N–C) groups is 1. The summed E-state index contributed by atoms with van der Waals surface area (Å²) in [5.41, 5.74) is 0. The second-order valence-electron chi connectivity index (χ2n) is 5.71. The summed E-state index contributed by atoms with van der Waals surface area (Å²) >= 11 is 1.80. The molecule has 5 nitrogen and oxygen atoms in total. The molecule has 0 fully saturated rings. The van der Waals surface area contributed by atoms with Gasteiger partial charge < -0.3 is 20.3 Å². The largest absolute Gasteiger partial charge is 0.385 e. The van der Waals surface area contributed by atoms with Crippen LogP contribution in [0.15, 0.2) is 22.5 Å². The zero-order chi connectivity index (χ0) is 16.9. The highest BCUT2D eigenvalue weighted by Gasteiger charge is 2.06. The van der Waals surface area contributed by atoms with Crippen molar-refractivity contribution in [3.05, 3.63) is 22.4 Å². The van der Waals surface area contributed by atoms with Crippen LogP contribution in [0.5, 0.6) is 0 Å². The van der Waals surface area contributed by atoms with E-state index in [4.69, 9.17) is 9.73 Å². The standard InChI is InChI=1S/C17H32N4OS/c1-5-18-17(19-9-11-21(3)10-7-12-22-4)20-14-15(2)16-8-6-13-23-16/h6,8,13,15H,5,7,9-12,14H2,1-4H3,(H2,18,19,20). The van der Waals surface area contributed by atoms with Gasteiger partial charge in [0, 0.05) is 50.7 Å². The number of likely N-dealkylation sites (N-methyl/N-ethyl adjacent to an activating group) is 1. The first kappa shape index (κ1) is 19.9. The van der Waals surface area contributed by atoms with Crippen LogP contribution in [-0.2, 0) is 4.74 Å². The smallest absolute Gasteiger partial charge is 0.191 e. The van der Waals surface area contributed by atoms with E-state index >= 15 is 0 Å². The zero-order valence-electron chi connectivity index (χ0n) is 15.0. The van der Waals surface area contributed by atoms with Gasteiger partial charge in [-0.2, -0.15) is 0 Å². The molecule has 6 heteroatoms. The highest BCUT2D eigenvalue weighted by molar-refractivity contribution is 7.10. The van der Waals surface area contributed by atoms with Crippen LogP contribution in [0.25, 0.3) is 0 Å². The first-order chi connectivity index (χ1) is 11.2. The van der Waals surface area contributed by atoms with Crippen LogP contribution >= 0.6 is 11.3 Å². The molecule has 2 N–H and O–H groups in total. The van der Waals surface area contributed by atoms with E-state index in [2.05, 4.69) is 53.9 Å². The molecule has 0 bridgehead atoms. The molecular weight excluding hydrogens is 308 g/mol. The van der Waals surface area contributed by atoms with Crippen LogP contribution < -0.4 is 10.6 Å². The first-order valence-electron chi connectivity index (χ1n) is 8.40. The molecule has 1 aromatic rings. The number of nitrogens with one attached hydrogen (secondary N) is 2. The van der Waals surface area contributed by atoms with Crippen molar-refractivity contribution in [3.8, 4) is 0 Å². The Kier molecular flexibility index (Phi) is 10.7. The van der Waals surface area contributed by atoms with Crippen LogP contribution in [-0.4, -0.2) is 64.3 Å². The average Bonchev–Trinajstić information content (AvgIpc) is 3.07. The summed E-state index contributed by atoms with van der Waals surface area (Å²) in [7, 11) is 3.89. The second-order valence-corrected chi connectivity index (χ2v) is 6.69. The molecule has 1 aromatic heterocycles. The number of guanidine groups is 1. The Morgan fingerprint density at radius 2 is 2.22 bits per heavy atom. The Morgan fingerprint density at radius 1 is 1.39 bits per heavy atom. The van der Waals surface area contributed by atoms with Gasteiger partial charge in [-0.3, -0.25) is 4.99 Å². The van der Waals surface area contributed by atoms with Crippen molar-refractivity contribution in [2.45, 2.75) is 26.2 Å². The molecule has 0 aliphatic rings. The van der Waals surface area contributed by atoms with Gasteiger partial charge in [0.25, 0.3) is 0 Å². The molecule has 0 saturated carbocycles. The Hall–Kier alpha value is -1.11. The highest BCUT2D eigenvalue weighted by atomic mass is 32.1. The summed E-state index contributed by atoms with van der Waals surface area (Å²) in [5, 5.41) is 8.85. The minimum absolute atomic E-state index is 0.460. The Morgan fingerprint density at radius 3 is 2.87 bits per heavy atom. The number of methoxy groups -OCH3 is 1. The molecule has 0 amide bonds. The van der Waals surface area contributed by atoms with Gasteiger partial charge in [-0.05, 0) is 31.8 Å². The predicted octanol–water partition coefficient (Wildman–Crippen LogP) is 2.38. The average molecular weight is 341 g/mol. The van der Waals surface area contributed by atoms with E-state index in [0.717, 1.165) is 51.7 Å². The summed E-state index contributed by atoms with van der Waals surface area (Å²) in [6, 6.07) is 4.28. The SMILES string of the molecule is CCNC(=NCC(C)c1cccs1)NCCN(C)CCCOC. The third-order valence-corrected chi connectivity index (χ3v) is 4.67. The minimum atomic E-state index is 0.460. The predicted molar refractivity (Wildman–Crippen MR) is 101 cm³/mol. The van der Waals surface area contributed by atoms with E-state index < -0.39 is 0 Å². The highest BCUT2D eigenvalue weighted by Crippen LogP contribution is 2.20. The Bertz CT molecular complexity index is 422. The maximum atomic E-state index is 5.08. The van der Waals surface area contributed by atoms with Crippen LogP contribution in [0.2, 0.25) is 0 Å². The molecule has 1 rings (SSSR count). The maximum absolute atomic E-state index is 5.08. The fraction of sp³-hybridized carbons (Fsp3) is 0.706. The molecule has 0 radical (unpaired) electrons. The molecule has 23 heavy (non-hydrogen) atoms. The lowest BCUT2D eigenvalue weighted by atomic mass is 10.1.